The van der Waals surface area contributed by atoms with Gasteiger partial charge in [-0.3, -0.25) is 4.79 Å². The van der Waals surface area contributed by atoms with Crippen LogP contribution in [0.1, 0.15) is 50.8 Å². The van der Waals surface area contributed by atoms with Crippen LogP contribution in [0.15, 0.2) is 12.1 Å². The van der Waals surface area contributed by atoms with Crippen molar-refractivity contribution in [3.8, 4) is 23.3 Å². The molecule has 1 aromatic carbocycles. The average molecular weight is 381 g/mol. The van der Waals surface area contributed by atoms with E-state index in [1.165, 1.54) is 14.2 Å². The van der Waals surface area contributed by atoms with Crippen molar-refractivity contribution in [1.29, 1.82) is 0 Å². The number of aliphatic hydroxyl groups is 1. The zero-order valence-electron chi connectivity index (χ0n) is 15.8. The van der Waals surface area contributed by atoms with Crippen LogP contribution in [-0.4, -0.2) is 31.2 Å². The number of alkyl halides is 1. The normalized spacial score (nSPS) is 21.9. The maximum absolute atomic E-state index is 12.4. The van der Waals surface area contributed by atoms with Gasteiger partial charge in [-0.25, -0.2) is 0 Å². The van der Waals surface area contributed by atoms with E-state index in [4.69, 9.17) is 25.8 Å². The Bertz CT molecular complexity index is 741. The van der Waals surface area contributed by atoms with Gasteiger partial charge in [-0.15, -0.1) is 11.6 Å². The van der Waals surface area contributed by atoms with Crippen molar-refractivity contribution in [2.75, 3.05) is 20.1 Å². The summed E-state index contributed by atoms with van der Waals surface area (Å²) in [7, 11) is 3.05. The second kappa shape index (κ2) is 7.77. The van der Waals surface area contributed by atoms with Crippen molar-refractivity contribution in [2.45, 2.75) is 45.3 Å². The number of methoxy groups -OCH3 is 2. The zero-order chi connectivity index (χ0) is 19.5. The molecule has 0 fully saturated rings. The minimum Gasteiger partial charge on any atom is -0.496 e. The molecule has 0 saturated carbocycles. The fraction of sp³-hybridized carbons (Fsp3) is 0.550. The number of hydrogen-bond acceptors (Lipinski definition) is 5. The number of carbonyl (C=O) groups excluding carboxylic acids is 1. The molecule has 5 nitrogen and oxygen atoms in total. The third-order valence-electron chi connectivity index (χ3n) is 4.33. The number of esters is 1. The number of fused-ring (bicyclic) bond motifs is 1. The lowest BCUT2D eigenvalue weighted by atomic mass is 9.76. The molecule has 2 unspecified atom stereocenters. The van der Waals surface area contributed by atoms with E-state index in [1.54, 1.807) is 32.9 Å². The van der Waals surface area contributed by atoms with Gasteiger partial charge in [-0.05, 0) is 45.7 Å². The molecule has 1 aliphatic carbocycles. The van der Waals surface area contributed by atoms with Crippen molar-refractivity contribution in [3.05, 3.63) is 23.3 Å². The minimum atomic E-state index is -1.45. The molecule has 1 aromatic rings. The predicted octanol–water partition coefficient (Wildman–Crippen LogP) is 3.56. The highest BCUT2D eigenvalue weighted by Gasteiger charge is 2.43. The Morgan fingerprint density at radius 1 is 1.31 bits per heavy atom. The maximum Gasteiger partial charge on any atom is 0.311 e. The molecule has 2 rings (SSSR count). The summed E-state index contributed by atoms with van der Waals surface area (Å²) in [5, 5.41) is 11.2. The van der Waals surface area contributed by atoms with Crippen LogP contribution in [0.4, 0.5) is 0 Å². The molecule has 0 amide bonds. The Kier molecular flexibility index (Phi) is 6.10. The van der Waals surface area contributed by atoms with Gasteiger partial charge in [0.15, 0.2) is 5.60 Å². The van der Waals surface area contributed by atoms with Gasteiger partial charge in [0.25, 0.3) is 0 Å². The monoisotopic (exact) mass is 380 g/mol. The summed E-state index contributed by atoms with van der Waals surface area (Å²) in [6.07, 6.45) is 0.140. The summed E-state index contributed by atoms with van der Waals surface area (Å²) < 4.78 is 16.7. The lowest BCUT2D eigenvalue weighted by Gasteiger charge is -2.37. The number of hydrogen-bond donors (Lipinski definition) is 1. The van der Waals surface area contributed by atoms with Gasteiger partial charge in [0, 0.05) is 11.1 Å². The Hall–Kier alpha value is -1.90. The summed E-state index contributed by atoms with van der Waals surface area (Å²) in [5.41, 5.74) is -1.04. The van der Waals surface area contributed by atoms with Crippen LogP contribution in [0, 0.1) is 17.3 Å². The molecule has 6 heteroatoms. The van der Waals surface area contributed by atoms with Crippen LogP contribution >= 0.6 is 11.6 Å². The first-order valence-electron chi connectivity index (χ1n) is 8.42. The third-order valence-corrected chi connectivity index (χ3v) is 4.47. The van der Waals surface area contributed by atoms with E-state index in [2.05, 4.69) is 11.8 Å². The summed E-state index contributed by atoms with van der Waals surface area (Å²) >= 11 is 5.68. The van der Waals surface area contributed by atoms with Gasteiger partial charge >= 0.3 is 5.97 Å². The standard InChI is InChI=1S/C20H25ClO5/c1-19(2,3)18(22)26-14-9-11-20(23,10-6-12-21)17-15(25-5)8-7-13(24-4)16(14)17/h7-8,14,23H,9,11-12H2,1-5H3. The average Bonchev–Trinajstić information content (AvgIpc) is 2.60. The predicted molar refractivity (Wildman–Crippen MR) is 99.5 cm³/mol. The first-order valence-corrected chi connectivity index (χ1v) is 8.96. The third kappa shape index (κ3) is 3.92. The largest absolute Gasteiger partial charge is 0.496 e. The molecule has 1 N–H and O–H groups in total. The quantitative estimate of drug-likeness (QED) is 0.493. The fourth-order valence-corrected chi connectivity index (χ4v) is 3.08. The van der Waals surface area contributed by atoms with E-state index in [1.807, 2.05) is 0 Å². The molecular weight excluding hydrogens is 356 g/mol. The number of rotatable bonds is 3. The second-order valence-electron chi connectivity index (χ2n) is 7.24. The highest BCUT2D eigenvalue weighted by molar-refractivity contribution is 6.19. The smallest absolute Gasteiger partial charge is 0.311 e. The fourth-order valence-electron chi connectivity index (χ4n) is 3.01. The Morgan fingerprint density at radius 2 is 1.92 bits per heavy atom. The topological polar surface area (TPSA) is 65.0 Å². The van der Waals surface area contributed by atoms with Crippen LogP contribution in [-0.2, 0) is 15.1 Å². The molecule has 0 bridgehead atoms. The minimum absolute atomic E-state index is 0.104. The number of halogens is 1. The number of benzene rings is 1. The maximum atomic E-state index is 12.4. The molecule has 0 aliphatic heterocycles. The molecule has 0 spiro atoms. The van der Waals surface area contributed by atoms with Crippen molar-refractivity contribution in [3.63, 3.8) is 0 Å². The molecular formula is C20H25ClO5. The SMILES string of the molecule is COc1ccc(OC)c2c1C(OC(=O)C(C)(C)C)CCC2(O)C#CCCl. The zero-order valence-corrected chi connectivity index (χ0v) is 16.6. The van der Waals surface area contributed by atoms with E-state index in [0.29, 0.717) is 29.0 Å². The summed E-state index contributed by atoms with van der Waals surface area (Å²) in [5.74, 6) is 6.32. The van der Waals surface area contributed by atoms with Crippen LogP contribution < -0.4 is 9.47 Å². The van der Waals surface area contributed by atoms with Crippen molar-refractivity contribution in [1.82, 2.24) is 0 Å². The highest BCUT2D eigenvalue weighted by atomic mass is 35.5. The van der Waals surface area contributed by atoms with Crippen LogP contribution in [0.25, 0.3) is 0 Å². The lowest BCUT2D eigenvalue weighted by molar-refractivity contribution is -0.160. The Labute approximate surface area is 159 Å². The van der Waals surface area contributed by atoms with Crippen LogP contribution in [0.5, 0.6) is 11.5 Å². The van der Waals surface area contributed by atoms with Crippen molar-refractivity contribution < 1.29 is 24.1 Å². The van der Waals surface area contributed by atoms with Gasteiger partial charge in [0.1, 0.15) is 17.6 Å². The van der Waals surface area contributed by atoms with Gasteiger partial charge in [-0.1, -0.05) is 11.8 Å². The number of ether oxygens (including phenoxy) is 3. The number of carbonyl (C=O) groups is 1. The Morgan fingerprint density at radius 3 is 2.46 bits per heavy atom. The molecule has 0 radical (unpaired) electrons. The van der Waals surface area contributed by atoms with Gasteiger partial charge in [-0.2, -0.15) is 0 Å². The summed E-state index contributed by atoms with van der Waals surface area (Å²) in [6.45, 7) is 5.39. The molecule has 0 saturated heterocycles. The molecule has 26 heavy (non-hydrogen) atoms. The van der Waals surface area contributed by atoms with Crippen molar-refractivity contribution >= 4 is 17.6 Å². The van der Waals surface area contributed by atoms with E-state index in [9.17, 15) is 9.90 Å². The highest BCUT2D eigenvalue weighted by Crippen LogP contribution is 2.50. The molecule has 0 aromatic heterocycles. The van der Waals surface area contributed by atoms with E-state index < -0.39 is 17.1 Å². The van der Waals surface area contributed by atoms with Gasteiger partial charge < -0.3 is 19.3 Å². The van der Waals surface area contributed by atoms with E-state index >= 15 is 0 Å². The molecule has 0 heterocycles. The Balaban J connectivity index is 2.63. The molecule has 1 aliphatic rings. The lowest BCUT2D eigenvalue weighted by Crippen LogP contribution is -2.34. The van der Waals surface area contributed by atoms with Gasteiger partial charge in [0.05, 0.1) is 25.5 Å². The van der Waals surface area contributed by atoms with E-state index in [0.717, 1.165) is 0 Å². The first-order chi connectivity index (χ1) is 12.2. The van der Waals surface area contributed by atoms with Crippen LogP contribution in [0.2, 0.25) is 0 Å². The summed E-state index contributed by atoms with van der Waals surface area (Å²) in [4.78, 5) is 12.4. The van der Waals surface area contributed by atoms with E-state index in [-0.39, 0.29) is 18.3 Å². The van der Waals surface area contributed by atoms with Crippen molar-refractivity contribution in [2.24, 2.45) is 5.41 Å². The van der Waals surface area contributed by atoms with Gasteiger partial charge in [0.2, 0.25) is 0 Å². The first kappa shape index (κ1) is 20.4. The second-order valence-corrected chi connectivity index (χ2v) is 7.50. The van der Waals surface area contributed by atoms with Crippen LogP contribution in [0.3, 0.4) is 0 Å². The summed E-state index contributed by atoms with van der Waals surface area (Å²) in [6, 6.07) is 3.44. The molecule has 142 valence electrons. The molecule has 2 atom stereocenters.